The van der Waals surface area contributed by atoms with E-state index in [0.29, 0.717) is 11.6 Å². The van der Waals surface area contributed by atoms with Crippen molar-refractivity contribution in [2.45, 2.75) is 38.0 Å². The van der Waals surface area contributed by atoms with Gasteiger partial charge in [-0.3, -0.25) is 19.6 Å². The van der Waals surface area contributed by atoms with E-state index in [1.54, 1.807) is 24.3 Å². The number of anilines is 1. The van der Waals surface area contributed by atoms with Crippen LogP contribution in [0.5, 0.6) is 5.75 Å². The van der Waals surface area contributed by atoms with Gasteiger partial charge in [0, 0.05) is 23.8 Å². The Morgan fingerprint density at radius 2 is 1.91 bits per heavy atom. The van der Waals surface area contributed by atoms with Crippen molar-refractivity contribution in [1.82, 2.24) is 20.9 Å². The average molecular weight is 689 g/mol. The number of carbonyl (C=O) groups excluding carboxylic acids is 2. The highest BCUT2D eigenvalue weighted by Gasteiger charge is 2.66. The van der Waals surface area contributed by atoms with Crippen LogP contribution in [0.3, 0.4) is 0 Å². The van der Waals surface area contributed by atoms with Crippen molar-refractivity contribution in [3.8, 4) is 5.75 Å². The molecule has 0 aliphatic carbocycles. The van der Waals surface area contributed by atoms with Crippen LogP contribution in [0.4, 0.5) is 5.13 Å². The van der Waals surface area contributed by atoms with Crippen molar-refractivity contribution in [2.75, 3.05) is 52.2 Å². The molecule has 248 valence electrons. The van der Waals surface area contributed by atoms with Gasteiger partial charge in [-0.25, -0.2) is 9.17 Å². The molecule has 2 amide bonds. The standard InChI is InChI=1S/C26H36N8O8S2.ClH/c1-25(2)26(23(36)32-25,42-44(37,38)39)31-22(35)20(19-16-43-24(28)30-19)33-41-15-14-40-18-8-6-17(7-9-18)21(27)29-10-13-34(3)11-4-5-12-34;/h6-9,16H,4-5,10-15H2,1-3H3,(H6-,27,28,29,30,31,32,35,36,37,38,39);1H/b33-20-;/t26-;/m1./s1. The Labute approximate surface area is 271 Å². The number of nitrogens with one attached hydrogen (secondary N) is 4. The Bertz CT molecular complexity index is 1530. The fourth-order valence-electron chi connectivity index (χ4n) is 4.94. The number of carbonyl (C=O) groups is 2. The zero-order chi connectivity index (χ0) is 32.2. The van der Waals surface area contributed by atoms with Gasteiger partial charge in [-0.2, -0.15) is 8.42 Å². The Morgan fingerprint density at radius 3 is 2.47 bits per heavy atom. The van der Waals surface area contributed by atoms with Crippen LogP contribution in [0, 0.1) is 5.41 Å². The first kappa shape index (κ1) is 35.9. The number of thiazole rings is 1. The quantitative estimate of drug-likeness (QED) is 0.0174. The molecule has 2 aromatic rings. The van der Waals surface area contributed by atoms with E-state index < -0.39 is 39.2 Å². The van der Waals surface area contributed by atoms with Gasteiger partial charge in [-0.05, 0) is 38.1 Å². The summed E-state index contributed by atoms with van der Waals surface area (Å²) in [6.07, 6.45) is 2.50. The van der Waals surface area contributed by atoms with Crippen molar-refractivity contribution in [3.63, 3.8) is 0 Å². The number of halogens is 1. The highest BCUT2D eigenvalue weighted by molar-refractivity contribution is 7.81. The summed E-state index contributed by atoms with van der Waals surface area (Å²) >= 11 is 1.01. The molecular weight excluding hydrogens is 652 g/mol. The summed E-state index contributed by atoms with van der Waals surface area (Å²) in [6.45, 7) is 6.74. The first-order chi connectivity index (χ1) is 20.6. The van der Waals surface area contributed by atoms with Crippen molar-refractivity contribution in [1.29, 1.82) is 5.41 Å². The third-order valence-corrected chi connectivity index (χ3v) is 8.60. The molecule has 7 N–H and O–H groups in total. The van der Waals surface area contributed by atoms with Crippen LogP contribution < -0.4 is 38.8 Å². The lowest BCUT2D eigenvalue weighted by atomic mass is 9.81. The van der Waals surface area contributed by atoms with E-state index in [1.165, 1.54) is 45.2 Å². The molecule has 2 saturated heterocycles. The summed E-state index contributed by atoms with van der Waals surface area (Å²) in [4.78, 5) is 34.9. The molecule has 0 spiro atoms. The molecule has 1 aromatic heterocycles. The lowest BCUT2D eigenvalue weighted by Crippen LogP contribution is -3.00. The predicted molar refractivity (Wildman–Crippen MR) is 162 cm³/mol. The number of amides is 2. The molecule has 2 aliphatic heterocycles. The van der Waals surface area contributed by atoms with Gasteiger partial charge in [0.25, 0.3) is 17.5 Å². The summed E-state index contributed by atoms with van der Waals surface area (Å²) in [5, 5.41) is 21.4. The lowest BCUT2D eigenvalue weighted by Gasteiger charge is -2.52. The molecule has 0 saturated carbocycles. The van der Waals surface area contributed by atoms with Gasteiger partial charge in [0.1, 0.15) is 23.9 Å². The smallest absolute Gasteiger partial charge is 0.400 e. The van der Waals surface area contributed by atoms with Gasteiger partial charge in [-0.1, -0.05) is 5.16 Å². The zero-order valence-electron chi connectivity index (χ0n) is 25.0. The minimum Gasteiger partial charge on any atom is -1.00 e. The van der Waals surface area contributed by atoms with Crippen LogP contribution >= 0.6 is 11.3 Å². The SMILES string of the molecule is CC1(C)NC(=O)[C@@]1(NC(=O)/C(=N\OCCOc1ccc(C(=N)NCC[N+]2(C)CCCC2)cc1)c1csc(N)n1)OS(=O)(=O)O.[Cl-]. The molecule has 16 nitrogen and oxygen atoms in total. The molecule has 19 heteroatoms. The van der Waals surface area contributed by atoms with Gasteiger partial charge >= 0.3 is 10.4 Å². The normalized spacial score (nSPS) is 20.3. The van der Waals surface area contributed by atoms with E-state index in [1.807, 2.05) is 0 Å². The first-order valence-corrected chi connectivity index (χ1v) is 16.0. The van der Waals surface area contributed by atoms with Crippen molar-refractivity contribution in [3.05, 3.63) is 40.9 Å². The highest BCUT2D eigenvalue weighted by Crippen LogP contribution is 2.34. The van der Waals surface area contributed by atoms with E-state index in [2.05, 4.69) is 37.3 Å². The second-order valence-corrected chi connectivity index (χ2v) is 13.2. The molecule has 1 aromatic carbocycles. The monoisotopic (exact) mass is 688 g/mol. The minimum absolute atomic E-state index is 0. The Hall–Kier alpha value is -3.55. The van der Waals surface area contributed by atoms with Crippen LogP contribution in [0.2, 0.25) is 0 Å². The van der Waals surface area contributed by atoms with E-state index >= 15 is 0 Å². The van der Waals surface area contributed by atoms with Crippen LogP contribution in [-0.4, -0.2) is 104 Å². The number of quaternary nitrogens is 1. The fourth-order valence-corrected chi connectivity index (χ4v) is 6.12. The van der Waals surface area contributed by atoms with E-state index in [4.69, 9.17) is 20.7 Å². The average Bonchev–Trinajstić information content (AvgIpc) is 3.57. The molecule has 1 atom stereocenters. The van der Waals surface area contributed by atoms with E-state index in [-0.39, 0.29) is 36.4 Å². The Kier molecular flexibility index (Phi) is 11.4. The number of amidine groups is 1. The van der Waals surface area contributed by atoms with Gasteiger partial charge in [0.15, 0.2) is 17.5 Å². The zero-order valence-corrected chi connectivity index (χ0v) is 27.4. The third kappa shape index (κ3) is 8.80. The number of oxime groups is 1. The second-order valence-electron chi connectivity index (χ2n) is 11.2. The number of ether oxygens (including phenoxy) is 1. The minimum atomic E-state index is -5.16. The number of hydrogen-bond acceptors (Lipinski definition) is 12. The third-order valence-electron chi connectivity index (χ3n) is 7.47. The van der Waals surface area contributed by atoms with Crippen LogP contribution in [0.25, 0.3) is 0 Å². The molecular formula is C26H37ClN8O8S2. The van der Waals surface area contributed by atoms with Gasteiger partial charge < -0.3 is 48.1 Å². The Balaban J connectivity index is 0.00000552. The van der Waals surface area contributed by atoms with Crippen LogP contribution in [0.1, 0.15) is 37.9 Å². The first-order valence-electron chi connectivity index (χ1n) is 13.8. The number of likely N-dealkylation sites (N-methyl/N-ethyl adjacent to an activating group) is 1. The van der Waals surface area contributed by atoms with E-state index in [9.17, 15) is 22.6 Å². The number of β-lactam (4-membered cyclic amide) rings is 1. The molecule has 2 aliphatic rings. The number of nitrogen functional groups attached to an aromatic ring is 1. The molecule has 0 radical (unpaired) electrons. The van der Waals surface area contributed by atoms with Crippen molar-refractivity contribution in [2.24, 2.45) is 5.16 Å². The fraction of sp³-hybridized carbons (Fsp3) is 0.500. The summed E-state index contributed by atoms with van der Waals surface area (Å²) < 4.78 is 43.6. The number of nitrogens with zero attached hydrogens (tertiary/aromatic N) is 3. The number of likely N-dealkylation sites (tertiary alicyclic amines) is 1. The predicted octanol–water partition coefficient (Wildman–Crippen LogP) is -2.78. The number of rotatable bonds is 14. The number of aromatic nitrogens is 1. The number of benzene rings is 1. The molecule has 3 heterocycles. The van der Waals surface area contributed by atoms with Gasteiger partial charge in [-0.15, -0.1) is 11.3 Å². The molecule has 4 rings (SSSR count). The largest absolute Gasteiger partial charge is 1.00 e. The molecule has 0 unspecified atom stereocenters. The number of nitrogens with two attached hydrogens (primary N) is 1. The van der Waals surface area contributed by atoms with Crippen LogP contribution in [-0.2, 0) is 29.0 Å². The second kappa shape index (κ2) is 14.3. The van der Waals surface area contributed by atoms with Gasteiger partial charge in [0.05, 0.1) is 38.8 Å². The van der Waals surface area contributed by atoms with E-state index in [0.717, 1.165) is 34.5 Å². The summed E-state index contributed by atoms with van der Waals surface area (Å²) in [5.74, 6) is -1.22. The van der Waals surface area contributed by atoms with Crippen LogP contribution in [0.15, 0.2) is 34.8 Å². The summed E-state index contributed by atoms with van der Waals surface area (Å²) in [6, 6.07) is 6.99. The maximum Gasteiger partial charge on any atom is 0.400 e. The van der Waals surface area contributed by atoms with Crippen molar-refractivity contribution < 1.29 is 53.2 Å². The highest BCUT2D eigenvalue weighted by atomic mass is 35.5. The number of hydrogen-bond donors (Lipinski definition) is 6. The topological polar surface area (TPSA) is 227 Å². The Morgan fingerprint density at radius 1 is 1.24 bits per heavy atom. The molecule has 45 heavy (non-hydrogen) atoms. The maximum absolute atomic E-state index is 13.2. The van der Waals surface area contributed by atoms with Crippen molar-refractivity contribution >= 4 is 50.2 Å². The van der Waals surface area contributed by atoms with Gasteiger partial charge in [0.2, 0.25) is 0 Å². The summed E-state index contributed by atoms with van der Waals surface area (Å²) in [7, 11) is -2.91. The summed E-state index contributed by atoms with van der Waals surface area (Å²) in [5.41, 5.74) is 2.10. The lowest BCUT2D eigenvalue weighted by molar-refractivity contribution is -0.896. The maximum atomic E-state index is 13.2. The molecule has 0 bridgehead atoms. The molecule has 2 fully saturated rings.